The SMILES string of the molecule is c1ncc2cc(-c3ccsc3)ccc2n1. The fourth-order valence-corrected chi connectivity index (χ4v) is 2.26. The topological polar surface area (TPSA) is 25.8 Å². The Labute approximate surface area is 91.2 Å². The van der Waals surface area contributed by atoms with Gasteiger partial charge >= 0.3 is 0 Å². The van der Waals surface area contributed by atoms with Crippen molar-refractivity contribution in [1.29, 1.82) is 0 Å². The summed E-state index contributed by atoms with van der Waals surface area (Å²) in [4.78, 5) is 8.22. The molecular formula is C12H8N2S. The molecule has 15 heavy (non-hydrogen) atoms. The third-order valence-corrected chi connectivity index (χ3v) is 3.04. The Bertz CT molecular complexity index is 587. The van der Waals surface area contributed by atoms with Gasteiger partial charge in [-0.05, 0) is 40.1 Å². The molecule has 2 heterocycles. The standard InChI is InChI=1S/C12H8N2S/c1-2-12-11(6-13-8-14-12)5-9(1)10-3-4-15-7-10/h1-8H. The molecular weight excluding hydrogens is 204 g/mol. The molecule has 0 saturated carbocycles. The highest BCUT2D eigenvalue weighted by molar-refractivity contribution is 7.08. The van der Waals surface area contributed by atoms with Crippen molar-refractivity contribution in [3.05, 3.63) is 47.5 Å². The van der Waals surface area contributed by atoms with E-state index in [1.165, 1.54) is 11.1 Å². The molecule has 0 fully saturated rings. The smallest absolute Gasteiger partial charge is 0.116 e. The molecule has 0 unspecified atom stereocenters. The highest BCUT2D eigenvalue weighted by Crippen LogP contribution is 2.24. The van der Waals surface area contributed by atoms with E-state index >= 15 is 0 Å². The zero-order chi connectivity index (χ0) is 10.1. The predicted molar refractivity (Wildman–Crippen MR) is 62.9 cm³/mol. The van der Waals surface area contributed by atoms with Crippen LogP contribution in [-0.4, -0.2) is 9.97 Å². The first-order valence-electron chi connectivity index (χ1n) is 4.66. The number of aromatic nitrogens is 2. The summed E-state index contributed by atoms with van der Waals surface area (Å²) in [6, 6.07) is 8.37. The number of hydrogen-bond donors (Lipinski definition) is 0. The second-order valence-electron chi connectivity index (χ2n) is 3.31. The minimum atomic E-state index is 0.990. The Hall–Kier alpha value is -1.74. The van der Waals surface area contributed by atoms with Crippen molar-refractivity contribution in [2.75, 3.05) is 0 Å². The van der Waals surface area contributed by atoms with Gasteiger partial charge in [-0.25, -0.2) is 9.97 Å². The molecule has 0 spiro atoms. The lowest BCUT2D eigenvalue weighted by molar-refractivity contribution is 1.22. The van der Waals surface area contributed by atoms with Gasteiger partial charge in [0.25, 0.3) is 0 Å². The summed E-state index contributed by atoms with van der Waals surface area (Å²) in [6.07, 6.45) is 3.42. The van der Waals surface area contributed by atoms with Gasteiger partial charge in [0, 0.05) is 11.6 Å². The van der Waals surface area contributed by atoms with Crippen molar-refractivity contribution in [1.82, 2.24) is 9.97 Å². The van der Waals surface area contributed by atoms with Crippen LogP contribution in [-0.2, 0) is 0 Å². The van der Waals surface area contributed by atoms with Crippen LogP contribution in [0.2, 0.25) is 0 Å². The van der Waals surface area contributed by atoms with Gasteiger partial charge < -0.3 is 0 Å². The van der Waals surface area contributed by atoms with E-state index in [1.54, 1.807) is 17.7 Å². The van der Waals surface area contributed by atoms with Crippen LogP contribution in [0.25, 0.3) is 22.0 Å². The molecule has 72 valence electrons. The molecule has 0 atom stereocenters. The van der Waals surface area contributed by atoms with Crippen molar-refractivity contribution in [3.63, 3.8) is 0 Å². The number of nitrogens with zero attached hydrogens (tertiary/aromatic N) is 2. The van der Waals surface area contributed by atoms with Gasteiger partial charge in [-0.1, -0.05) is 6.07 Å². The highest BCUT2D eigenvalue weighted by atomic mass is 32.1. The Morgan fingerprint density at radius 1 is 1.07 bits per heavy atom. The maximum absolute atomic E-state index is 4.20. The summed E-state index contributed by atoms with van der Waals surface area (Å²) >= 11 is 1.71. The Kier molecular flexibility index (Phi) is 1.96. The largest absolute Gasteiger partial charge is 0.244 e. The van der Waals surface area contributed by atoms with Gasteiger partial charge in [-0.2, -0.15) is 11.3 Å². The molecule has 0 bridgehead atoms. The Balaban J connectivity index is 2.22. The van der Waals surface area contributed by atoms with E-state index in [0.29, 0.717) is 0 Å². The first-order chi connectivity index (χ1) is 7.43. The summed E-state index contributed by atoms with van der Waals surface area (Å²) in [6.45, 7) is 0. The van der Waals surface area contributed by atoms with Crippen LogP contribution < -0.4 is 0 Å². The van der Waals surface area contributed by atoms with Gasteiger partial charge in [0.2, 0.25) is 0 Å². The predicted octanol–water partition coefficient (Wildman–Crippen LogP) is 3.36. The molecule has 0 aliphatic rings. The number of rotatable bonds is 1. The third-order valence-electron chi connectivity index (χ3n) is 2.36. The average Bonchev–Trinajstić information content (AvgIpc) is 2.82. The molecule has 2 nitrogen and oxygen atoms in total. The molecule has 0 radical (unpaired) electrons. The quantitative estimate of drug-likeness (QED) is 0.618. The Morgan fingerprint density at radius 3 is 2.93 bits per heavy atom. The van der Waals surface area contributed by atoms with Crippen LogP contribution in [0.5, 0.6) is 0 Å². The molecule has 3 rings (SSSR count). The van der Waals surface area contributed by atoms with E-state index in [4.69, 9.17) is 0 Å². The maximum atomic E-state index is 4.20. The van der Waals surface area contributed by atoms with Crippen LogP contribution >= 0.6 is 11.3 Å². The highest BCUT2D eigenvalue weighted by Gasteiger charge is 2.00. The molecule has 0 aliphatic carbocycles. The molecule has 2 aromatic heterocycles. The summed E-state index contributed by atoms with van der Waals surface area (Å²) in [5.74, 6) is 0. The van der Waals surface area contributed by atoms with Gasteiger partial charge in [0.05, 0.1) is 5.52 Å². The third kappa shape index (κ3) is 1.51. The zero-order valence-corrected chi connectivity index (χ0v) is 8.74. The summed E-state index contributed by atoms with van der Waals surface area (Å²) < 4.78 is 0. The maximum Gasteiger partial charge on any atom is 0.116 e. The van der Waals surface area contributed by atoms with Crippen molar-refractivity contribution < 1.29 is 0 Å². The number of thiophene rings is 1. The summed E-state index contributed by atoms with van der Waals surface area (Å²) in [7, 11) is 0. The summed E-state index contributed by atoms with van der Waals surface area (Å²) in [5.41, 5.74) is 3.47. The van der Waals surface area contributed by atoms with E-state index in [2.05, 4.69) is 38.9 Å². The molecule has 0 N–H and O–H groups in total. The molecule has 3 heteroatoms. The van der Waals surface area contributed by atoms with Gasteiger partial charge in [0.15, 0.2) is 0 Å². The van der Waals surface area contributed by atoms with Crippen molar-refractivity contribution >= 4 is 22.2 Å². The lowest BCUT2D eigenvalue weighted by atomic mass is 10.1. The van der Waals surface area contributed by atoms with Gasteiger partial charge in [0.1, 0.15) is 6.33 Å². The van der Waals surface area contributed by atoms with Crippen LogP contribution in [0.3, 0.4) is 0 Å². The van der Waals surface area contributed by atoms with Crippen LogP contribution in [0.1, 0.15) is 0 Å². The molecule has 0 saturated heterocycles. The minimum Gasteiger partial charge on any atom is -0.244 e. The van der Waals surface area contributed by atoms with Crippen LogP contribution in [0.15, 0.2) is 47.5 Å². The number of benzene rings is 1. The molecule has 0 aliphatic heterocycles. The molecule has 1 aromatic carbocycles. The first kappa shape index (κ1) is 8.56. The van der Waals surface area contributed by atoms with E-state index in [9.17, 15) is 0 Å². The minimum absolute atomic E-state index is 0.990. The second kappa shape index (κ2) is 3.44. The van der Waals surface area contributed by atoms with Crippen molar-refractivity contribution in [3.8, 4) is 11.1 Å². The average molecular weight is 212 g/mol. The van der Waals surface area contributed by atoms with E-state index < -0.39 is 0 Å². The normalized spacial score (nSPS) is 10.7. The van der Waals surface area contributed by atoms with Gasteiger partial charge in [-0.3, -0.25) is 0 Å². The second-order valence-corrected chi connectivity index (χ2v) is 4.09. The lowest BCUT2D eigenvalue weighted by Gasteiger charge is -2.00. The van der Waals surface area contributed by atoms with Crippen molar-refractivity contribution in [2.24, 2.45) is 0 Å². The fourth-order valence-electron chi connectivity index (χ4n) is 1.59. The lowest BCUT2D eigenvalue weighted by Crippen LogP contribution is -1.81. The van der Waals surface area contributed by atoms with Crippen molar-refractivity contribution in [2.45, 2.75) is 0 Å². The van der Waals surface area contributed by atoms with Gasteiger partial charge in [-0.15, -0.1) is 0 Å². The zero-order valence-electron chi connectivity index (χ0n) is 7.92. The summed E-state index contributed by atoms with van der Waals surface area (Å²) in [5, 5.41) is 5.31. The van der Waals surface area contributed by atoms with E-state index in [-0.39, 0.29) is 0 Å². The Morgan fingerprint density at radius 2 is 2.07 bits per heavy atom. The first-order valence-corrected chi connectivity index (χ1v) is 5.60. The number of fused-ring (bicyclic) bond motifs is 1. The molecule has 3 aromatic rings. The molecule has 0 amide bonds. The van der Waals surface area contributed by atoms with Crippen LogP contribution in [0.4, 0.5) is 0 Å². The number of hydrogen-bond acceptors (Lipinski definition) is 3. The fraction of sp³-hybridized carbons (Fsp3) is 0. The van der Waals surface area contributed by atoms with Crippen LogP contribution in [0, 0.1) is 0 Å². The monoisotopic (exact) mass is 212 g/mol. The van der Waals surface area contributed by atoms with E-state index in [0.717, 1.165) is 10.9 Å². The van der Waals surface area contributed by atoms with E-state index in [1.807, 2.05) is 12.3 Å².